The fourth-order valence-corrected chi connectivity index (χ4v) is 9.36. The van der Waals surface area contributed by atoms with Crippen molar-refractivity contribution in [3.8, 4) is 0 Å². The molecule has 2 aromatic carbocycles. The van der Waals surface area contributed by atoms with E-state index in [0.717, 1.165) is 100 Å². The van der Waals surface area contributed by atoms with E-state index >= 15 is 0 Å². The lowest BCUT2D eigenvalue weighted by molar-refractivity contribution is -0.138. The zero-order valence-corrected chi connectivity index (χ0v) is 30.5. The minimum absolute atomic E-state index is 0.136. The second kappa shape index (κ2) is 15.3. The number of amides is 1. The Balaban J connectivity index is 1.03. The van der Waals surface area contributed by atoms with Gasteiger partial charge in [0.2, 0.25) is 5.91 Å². The van der Waals surface area contributed by atoms with Crippen LogP contribution < -0.4 is 0 Å². The SMILES string of the molecule is CB(O)N1CCC(CC(=O)N2CCN(C3CCN(C4c5ccc(Cl)cc5CCc5cc(Br)cnc54)CC3)C[C@@H]2Cc2ccccc2)CC1. The zero-order valence-electron chi connectivity index (χ0n) is 28.1. The number of likely N-dealkylation sites (tertiary alicyclic amines) is 1. The lowest BCUT2D eigenvalue weighted by atomic mass is 9.80. The number of rotatable bonds is 7. The molecule has 48 heavy (non-hydrogen) atoms. The Hall–Kier alpha value is -2.27. The summed E-state index contributed by atoms with van der Waals surface area (Å²) in [4.78, 5) is 28.6. The van der Waals surface area contributed by atoms with Crippen molar-refractivity contribution >= 4 is 40.5 Å². The number of halogens is 2. The van der Waals surface area contributed by atoms with Crippen LogP contribution in [0.15, 0.2) is 65.3 Å². The number of aromatic nitrogens is 1. The normalized spacial score (nSPS) is 23.4. The molecule has 10 heteroatoms. The molecule has 0 saturated carbocycles. The minimum Gasteiger partial charge on any atom is -0.437 e. The highest BCUT2D eigenvalue weighted by atomic mass is 79.9. The molecule has 3 aromatic rings. The largest absolute Gasteiger partial charge is 0.437 e. The van der Waals surface area contributed by atoms with Crippen LogP contribution >= 0.6 is 27.5 Å². The van der Waals surface area contributed by atoms with E-state index in [2.05, 4.69) is 84.0 Å². The first-order valence-corrected chi connectivity index (χ1v) is 19.2. The Bertz CT molecular complexity index is 1510. The number of carbonyl (C=O) groups is 1. The van der Waals surface area contributed by atoms with Crippen molar-refractivity contribution in [3.05, 3.63) is 98.2 Å². The number of benzene rings is 2. The number of piperidine rings is 2. The molecule has 254 valence electrons. The monoisotopic (exact) mass is 731 g/mol. The highest BCUT2D eigenvalue weighted by Crippen LogP contribution is 2.39. The summed E-state index contributed by atoms with van der Waals surface area (Å²) in [7, 11) is -0.408. The number of fused-ring (bicyclic) bond motifs is 2. The third kappa shape index (κ3) is 7.72. The van der Waals surface area contributed by atoms with E-state index in [9.17, 15) is 9.82 Å². The molecule has 1 amide bonds. The van der Waals surface area contributed by atoms with Crippen LogP contribution in [-0.4, -0.2) is 100 Å². The van der Waals surface area contributed by atoms with E-state index in [1.54, 1.807) is 0 Å². The molecule has 3 aliphatic heterocycles. The molecule has 1 aliphatic carbocycles. The van der Waals surface area contributed by atoms with Crippen molar-refractivity contribution in [2.24, 2.45) is 5.92 Å². The van der Waals surface area contributed by atoms with Crippen molar-refractivity contribution in [2.75, 3.05) is 45.8 Å². The number of hydrogen-bond acceptors (Lipinski definition) is 6. The third-order valence-electron chi connectivity index (χ3n) is 11.5. The first-order valence-electron chi connectivity index (χ1n) is 18.0. The molecule has 2 atom stereocenters. The molecule has 1 aromatic heterocycles. The van der Waals surface area contributed by atoms with E-state index in [0.29, 0.717) is 24.3 Å². The van der Waals surface area contributed by atoms with Crippen molar-refractivity contribution in [1.29, 1.82) is 0 Å². The lowest BCUT2D eigenvalue weighted by Crippen LogP contribution is -2.59. The summed E-state index contributed by atoms with van der Waals surface area (Å²) in [6.45, 7) is 8.27. The highest BCUT2D eigenvalue weighted by Gasteiger charge is 2.38. The van der Waals surface area contributed by atoms with Crippen LogP contribution in [0.5, 0.6) is 0 Å². The van der Waals surface area contributed by atoms with Gasteiger partial charge in [-0.25, -0.2) is 0 Å². The van der Waals surface area contributed by atoms with E-state index in [-0.39, 0.29) is 12.1 Å². The second-order valence-corrected chi connectivity index (χ2v) is 15.8. The van der Waals surface area contributed by atoms with Gasteiger partial charge in [-0.2, -0.15) is 0 Å². The average Bonchev–Trinajstić information content (AvgIpc) is 3.25. The fraction of sp³-hybridized carbons (Fsp3) is 0.526. The quantitative estimate of drug-likeness (QED) is 0.296. The maximum absolute atomic E-state index is 13.9. The summed E-state index contributed by atoms with van der Waals surface area (Å²) < 4.78 is 1.03. The average molecular weight is 733 g/mol. The highest BCUT2D eigenvalue weighted by molar-refractivity contribution is 9.10. The van der Waals surface area contributed by atoms with Gasteiger partial charge in [-0.15, -0.1) is 0 Å². The van der Waals surface area contributed by atoms with E-state index in [1.807, 2.05) is 19.1 Å². The number of hydrogen-bond donors (Lipinski definition) is 1. The Morgan fingerprint density at radius 2 is 1.69 bits per heavy atom. The number of pyridine rings is 1. The minimum atomic E-state index is -0.408. The molecule has 3 saturated heterocycles. The molecule has 1 unspecified atom stereocenters. The lowest BCUT2D eigenvalue weighted by Gasteiger charge is -2.48. The van der Waals surface area contributed by atoms with Crippen molar-refractivity contribution < 1.29 is 9.82 Å². The molecule has 7 rings (SSSR count). The zero-order chi connectivity index (χ0) is 33.2. The number of nitrogens with zero attached hydrogens (tertiary/aromatic N) is 5. The van der Waals surface area contributed by atoms with Gasteiger partial charge in [0.1, 0.15) is 0 Å². The molecular formula is C38H48BBrClN5O2. The Labute approximate surface area is 299 Å². The van der Waals surface area contributed by atoms with Crippen LogP contribution in [0.25, 0.3) is 0 Å². The van der Waals surface area contributed by atoms with Gasteiger partial charge in [-0.05, 0) is 127 Å². The summed E-state index contributed by atoms with van der Waals surface area (Å²) in [5, 5.41) is 10.8. The molecule has 4 heterocycles. The van der Waals surface area contributed by atoms with Gasteiger partial charge in [-0.3, -0.25) is 19.6 Å². The molecule has 0 bridgehead atoms. The van der Waals surface area contributed by atoms with Crippen LogP contribution in [0.1, 0.15) is 66.1 Å². The first kappa shape index (κ1) is 34.2. The molecule has 0 radical (unpaired) electrons. The van der Waals surface area contributed by atoms with E-state index in [1.165, 1.54) is 27.9 Å². The van der Waals surface area contributed by atoms with Crippen LogP contribution in [0.4, 0.5) is 0 Å². The Morgan fingerprint density at radius 1 is 0.938 bits per heavy atom. The van der Waals surface area contributed by atoms with E-state index < -0.39 is 7.05 Å². The van der Waals surface area contributed by atoms with Crippen molar-refractivity contribution in [2.45, 2.75) is 76.3 Å². The Kier molecular flexibility index (Phi) is 10.9. The van der Waals surface area contributed by atoms with Crippen molar-refractivity contribution in [3.63, 3.8) is 0 Å². The van der Waals surface area contributed by atoms with Gasteiger partial charge in [0.15, 0.2) is 0 Å². The van der Waals surface area contributed by atoms with Gasteiger partial charge in [0.05, 0.1) is 11.7 Å². The molecule has 0 spiro atoms. The number of aryl methyl sites for hydroxylation is 2. The predicted octanol–water partition coefficient (Wildman–Crippen LogP) is 6.12. The molecular weight excluding hydrogens is 685 g/mol. The molecule has 3 fully saturated rings. The van der Waals surface area contributed by atoms with Crippen molar-refractivity contribution in [1.82, 2.24) is 24.5 Å². The summed E-state index contributed by atoms with van der Waals surface area (Å²) in [6.07, 6.45) is 9.58. The van der Waals surface area contributed by atoms with Gasteiger partial charge in [0.25, 0.3) is 0 Å². The van der Waals surface area contributed by atoms with Crippen LogP contribution in [0, 0.1) is 5.92 Å². The van der Waals surface area contributed by atoms with Gasteiger partial charge in [-0.1, -0.05) is 48.0 Å². The first-order chi connectivity index (χ1) is 23.3. The smallest absolute Gasteiger partial charge is 0.376 e. The van der Waals surface area contributed by atoms with Gasteiger partial charge < -0.3 is 14.7 Å². The molecule has 4 aliphatic rings. The van der Waals surface area contributed by atoms with Crippen LogP contribution in [-0.2, 0) is 24.1 Å². The van der Waals surface area contributed by atoms with E-state index in [4.69, 9.17) is 16.6 Å². The van der Waals surface area contributed by atoms with Gasteiger partial charge >= 0.3 is 7.05 Å². The second-order valence-electron chi connectivity index (χ2n) is 14.5. The number of piperazine rings is 1. The molecule has 7 nitrogen and oxygen atoms in total. The molecule has 1 N–H and O–H groups in total. The van der Waals surface area contributed by atoms with Crippen LogP contribution in [0.2, 0.25) is 11.8 Å². The third-order valence-corrected chi connectivity index (χ3v) is 12.1. The summed E-state index contributed by atoms with van der Waals surface area (Å²) in [6, 6.07) is 20.2. The van der Waals surface area contributed by atoms with Crippen LogP contribution in [0.3, 0.4) is 0 Å². The Morgan fingerprint density at radius 3 is 2.44 bits per heavy atom. The summed E-state index contributed by atoms with van der Waals surface area (Å²) in [5.41, 5.74) is 6.48. The maximum atomic E-state index is 13.9. The van der Waals surface area contributed by atoms with Gasteiger partial charge in [0, 0.05) is 66.9 Å². The summed E-state index contributed by atoms with van der Waals surface area (Å²) in [5.74, 6) is 0.712. The predicted molar refractivity (Wildman–Crippen MR) is 197 cm³/mol. The number of carbonyl (C=O) groups excluding carboxylic acids is 1. The maximum Gasteiger partial charge on any atom is 0.376 e. The topological polar surface area (TPSA) is 63.2 Å². The summed E-state index contributed by atoms with van der Waals surface area (Å²) >= 11 is 10.1. The standard InChI is InChI=1S/C38H48BBrClN5O2/c1-39(48)45-17-11-28(12-18-45)22-36(47)46-20-19-44(26-34(46)21-27-5-3-2-4-6-27)33-13-15-43(16-14-33)38-35-10-9-32(41)24-29(35)7-8-30-23-31(40)25-42-37(30)38/h2-6,9-10,23-25,28,33-34,38,48H,7-8,11-22,26H2,1H3/t34-,38?/m0/s1. The fourth-order valence-electron chi connectivity index (χ4n) is 8.79.